The van der Waals surface area contributed by atoms with Gasteiger partial charge in [-0.05, 0) is 6.92 Å². The highest BCUT2D eigenvalue weighted by Crippen LogP contribution is 1.87. The summed E-state index contributed by atoms with van der Waals surface area (Å²) >= 11 is 0. The maximum atomic E-state index is 11.3. The predicted molar refractivity (Wildman–Crippen MR) is 56.7 cm³/mol. The van der Waals surface area contributed by atoms with Crippen molar-refractivity contribution >= 4 is 6.03 Å². The Morgan fingerprint density at radius 1 is 1.67 bits per heavy atom. The molecule has 1 rings (SSSR count). The Morgan fingerprint density at radius 2 is 2.47 bits per heavy atom. The minimum absolute atomic E-state index is 0.202. The summed E-state index contributed by atoms with van der Waals surface area (Å²) in [7, 11) is 0. The zero-order chi connectivity index (χ0) is 11.1. The minimum Gasteiger partial charge on any atom is -0.375 e. The number of hydrogen-bond donors (Lipinski definition) is 1. The van der Waals surface area contributed by atoms with Crippen LogP contribution in [0, 0.1) is 0 Å². The highest BCUT2D eigenvalue weighted by molar-refractivity contribution is 5.76. The summed E-state index contributed by atoms with van der Waals surface area (Å²) in [5.74, 6) is 0. The van der Waals surface area contributed by atoms with E-state index in [1.54, 1.807) is 12.4 Å². The first-order valence-electron chi connectivity index (χ1n) is 4.68. The summed E-state index contributed by atoms with van der Waals surface area (Å²) in [5, 5.41) is 2.69. The van der Waals surface area contributed by atoms with Gasteiger partial charge in [-0.25, -0.2) is 9.78 Å². The van der Waals surface area contributed by atoms with Crippen molar-refractivity contribution < 1.29 is 9.53 Å². The van der Waals surface area contributed by atoms with Gasteiger partial charge in [-0.1, -0.05) is 12.2 Å². The third-order valence-electron chi connectivity index (χ3n) is 1.61. The van der Waals surface area contributed by atoms with Crippen LogP contribution >= 0.6 is 0 Å². The van der Waals surface area contributed by atoms with Crippen LogP contribution in [0.3, 0.4) is 0 Å². The van der Waals surface area contributed by atoms with E-state index in [2.05, 4.69) is 16.9 Å². The van der Waals surface area contributed by atoms with Gasteiger partial charge in [-0.3, -0.25) is 4.57 Å². The Morgan fingerprint density at radius 3 is 3.07 bits per heavy atom. The van der Waals surface area contributed by atoms with Crippen molar-refractivity contribution in [3.05, 3.63) is 30.9 Å². The molecule has 0 bridgehead atoms. The predicted octanol–water partition coefficient (Wildman–Crippen LogP) is 1.03. The number of carbonyl (C=O) groups is 1. The average molecular weight is 209 g/mol. The van der Waals surface area contributed by atoms with Crippen LogP contribution in [0.5, 0.6) is 0 Å². The number of amides is 1. The van der Waals surface area contributed by atoms with Gasteiger partial charge in [0.1, 0.15) is 6.33 Å². The number of aromatic nitrogens is 2. The number of imidazole rings is 1. The van der Waals surface area contributed by atoms with Gasteiger partial charge in [-0.15, -0.1) is 0 Å². The lowest BCUT2D eigenvalue weighted by molar-refractivity contribution is 0.158. The number of nitrogens with one attached hydrogen (secondary N) is 1. The van der Waals surface area contributed by atoms with Crippen molar-refractivity contribution in [3.63, 3.8) is 0 Å². The number of nitrogens with zero attached hydrogens (tertiary/aromatic N) is 2. The molecule has 0 saturated carbocycles. The van der Waals surface area contributed by atoms with Crippen molar-refractivity contribution in [1.82, 2.24) is 14.9 Å². The van der Waals surface area contributed by atoms with Gasteiger partial charge in [0.15, 0.2) is 0 Å². The van der Waals surface area contributed by atoms with Crippen LogP contribution in [0.25, 0.3) is 0 Å². The lowest BCUT2D eigenvalue weighted by Crippen LogP contribution is -2.30. The largest absolute Gasteiger partial charge is 0.375 e. The van der Waals surface area contributed by atoms with Gasteiger partial charge in [0, 0.05) is 18.9 Å². The van der Waals surface area contributed by atoms with Crippen molar-refractivity contribution in [1.29, 1.82) is 0 Å². The summed E-state index contributed by atoms with van der Waals surface area (Å²) in [4.78, 5) is 15.1. The molecular weight excluding hydrogens is 194 g/mol. The maximum absolute atomic E-state index is 11.3. The molecule has 1 N–H and O–H groups in total. The summed E-state index contributed by atoms with van der Waals surface area (Å²) in [6.45, 7) is 7.08. The van der Waals surface area contributed by atoms with E-state index in [1.807, 2.05) is 6.92 Å². The van der Waals surface area contributed by atoms with E-state index in [0.717, 1.165) is 5.57 Å². The minimum atomic E-state index is -0.202. The van der Waals surface area contributed by atoms with Crippen LogP contribution in [0.2, 0.25) is 0 Å². The first kappa shape index (κ1) is 11.5. The molecule has 0 aliphatic carbocycles. The topological polar surface area (TPSA) is 56.1 Å². The van der Waals surface area contributed by atoms with Crippen LogP contribution in [-0.2, 0) is 4.74 Å². The summed E-state index contributed by atoms with van der Waals surface area (Å²) in [6, 6.07) is -0.202. The van der Waals surface area contributed by atoms with Crippen LogP contribution in [0.1, 0.15) is 6.92 Å². The fourth-order valence-electron chi connectivity index (χ4n) is 0.947. The van der Waals surface area contributed by atoms with Gasteiger partial charge in [0.2, 0.25) is 0 Å². The molecule has 0 fully saturated rings. The van der Waals surface area contributed by atoms with Crippen molar-refractivity contribution in [2.45, 2.75) is 6.92 Å². The van der Waals surface area contributed by atoms with Crippen LogP contribution in [-0.4, -0.2) is 35.3 Å². The molecule has 15 heavy (non-hydrogen) atoms. The molecule has 1 aromatic rings. The van der Waals surface area contributed by atoms with E-state index in [1.165, 1.54) is 10.9 Å². The molecular formula is C10H15N3O2. The average Bonchev–Trinajstić information content (AvgIpc) is 2.69. The van der Waals surface area contributed by atoms with Gasteiger partial charge in [-0.2, -0.15) is 0 Å². The Hall–Kier alpha value is -1.62. The van der Waals surface area contributed by atoms with Crippen molar-refractivity contribution in [2.24, 2.45) is 0 Å². The van der Waals surface area contributed by atoms with E-state index in [-0.39, 0.29) is 6.03 Å². The van der Waals surface area contributed by atoms with Gasteiger partial charge in [0.25, 0.3) is 0 Å². The molecule has 0 atom stereocenters. The third-order valence-corrected chi connectivity index (χ3v) is 1.61. The quantitative estimate of drug-likeness (QED) is 0.582. The van der Waals surface area contributed by atoms with E-state index in [0.29, 0.717) is 19.8 Å². The number of ether oxygens (including phenoxy) is 1. The number of carbonyl (C=O) groups excluding carboxylic acids is 1. The van der Waals surface area contributed by atoms with Crippen molar-refractivity contribution in [3.8, 4) is 0 Å². The molecule has 1 aromatic heterocycles. The molecule has 1 amide bonds. The normalized spacial score (nSPS) is 9.93. The Bertz CT molecular complexity index is 319. The summed E-state index contributed by atoms with van der Waals surface area (Å²) in [5.41, 5.74) is 0.968. The molecule has 5 heteroatoms. The van der Waals surface area contributed by atoms with E-state index < -0.39 is 0 Å². The van der Waals surface area contributed by atoms with Crippen molar-refractivity contribution in [2.75, 3.05) is 19.8 Å². The third kappa shape index (κ3) is 4.42. The monoisotopic (exact) mass is 209 g/mol. The van der Waals surface area contributed by atoms with E-state index in [9.17, 15) is 4.79 Å². The second-order valence-electron chi connectivity index (χ2n) is 3.21. The second-order valence-corrected chi connectivity index (χ2v) is 3.21. The van der Waals surface area contributed by atoms with Crippen LogP contribution in [0.15, 0.2) is 30.9 Å². The molecule has 0 aromatic carbocycles. The van der Waals surface area contributed by atoms with Gasteiger partial charge in [0.05, 0.1) is 13.2 Å². The standard InChI is InChI=1S/C10H15N3O2/c1-9(2)7-15-6-4-12-10(14)13-5-3-11-8-13/h3,5,8H,1,4,6-7H2,2H3,(H,12,14). The van der Waals surface area contributed by atoms with Crippen LogP contribution < -0.4 is 5.32 Å². The van der Waals surface area contributed by atoms with Gasteiger partial charge < -0.3 is 10.1 Å². The first-order valence-corrected chi connectivity index (χ1v) is 4.68. The molecule has 0 radical (unpaired) electrons. The van der Waals surface area contributed by atoms with E-state index >= 15 is 0 Å². The highest BCUT2D eigenvalue weighted by Gasteiger charge is 2.00. The SMILES string of the molecule is C=C(C)COCCNC(=O)n1ccnc1. The molecule has 0 aliphatic rings. The molecule has 0 spiro atoms. The Balaban J connectivity index is 2.10. The smallest absolute Gasteiger partial charge is 0.326 e. The van der Waals surface area contributed by atoms with Crippen LogP contribution in [0.4, 0.5) is 4.79 Å². The molecule has 5 nitrogen and oxygen atoms in total. The second kappa shape index (κ2) is 5.98. The molecule has 0 saturated heterocycles. The fraction of sp³-hybridized carbons (Fsp3) is 0.400. The maximum Gasteiger partial charge on any atom is 0.326 e. The molecule has 1 heterocycles. The van der Waals surface area contributed by atoms with E-state index in [4.69, 9.17) is 4.74 Å². The fourth-order valence-corrected chi connectivity index (χ4v) is 0.947. The number of hydrogen-bond acceptors (Lipinski definition) is 3. The zero-order valence-electron chi connectivity index (χ0n) is 8.77. The highest BCUT2D eigenvalue weighted by atomic mass is 16.5. The molecule has 0 unspecified atom stereocenters. The lowest BCUT2D eigenvalue weighted by Gasteiger charge is -2.06. The molecule has 82 valence electrons. The lowest BCUT2D eigenvalue weighted by atomic mass is 10.4. The Kier molecular flexibility index (Phi) is 4.56. The zero-order valence-corrected chi connectivity index (χ0v) is 8.77. The molecule has 0 aliphatic heterocycles. The summed E-state index contributed by atoms with van der Waals surface area (Å²) in [6.07, 6.45) is 4.59. The number of rotatable bonds is 5. The van der Waals surface area contributed by atoms with Gasteiger partial charge >= 0.3 is 6.03 Å². The summed E-state index contributed by atoms with van der Waals surface area (Å²) < 4.78 is 6.60. The Labute approximate surface area is 88.8 Å². The first-order chi connectivity index (χ1) is 7.20.